The molecular weight excluding hydrogens is 350 g/mol. The fourth-order valence-electron chi connectivity index (χ4n) is 2.96. The van der Waals surface area contributed by atoms with Crippen LogP contribution < -0.4 is 10.2 Å². The molecule has 3 aromatic rings. The molecule has 0 atom stereocenters. The lowest BCUT2D eigenvalue weighted by Gasteiger charge is -2.17. The molecule has 1 aliphatic rings. The maximum Gasteiger partial charge on any atom is 0.263 e. The molecule has 1 N–H and O–H groups in total. The number of hydrogen-bond donors (Lipinski definition) is 1. The van der Waals surface area contributed by atoms with Crippen LogP contribution in [-0.4, -0.2) is 24.0 Å². The van der Waals surface area contributed by atoms with Gasteiger partial charge in [0.25, 0.3) is 5.91 Å². The average molecular weight is 370 g/mol. The molecule has 2 aromatic heterocycles. The molecule has 0 radical (unpaired) electrons. The van der Waals surface area contributed by atoms with Crippen molar-refractivity contribution in [3.8, 4) is 9.88 Å². The third kappa shape index (κ3) is 3.75. The van der Waals surface area contributed by atoms with Gasteiger partial charge in [0.05, 0.1) is 11.1 Å². The average Bonchev–Trinajstić information content (AvgIpc) is 3.42. The van der Waals surface area contributed by atoms with E-state index in [2.05, 4.69) is 39.5 Å². The highest BCUT2D eigenvalue weighted by Gasteiger charge is 2.13. The van der Waals surface area contributed by atoms with Crippen LogP contribution in [0.5, 0.6) is 0 Å². The summed E-state index contributed by atoms with van der Waals surface area (Å²) in [6, 6.07) is 12.5. The fraction of sp³-hybridized carbons (Fsp3) is 0.263. The second-order valence-electron chi connectivity index (χ2n) is 6.05. The van der Waals surface area contributed by atoms with E-state index in [4.69, 9.17) is 0 Å². The van der Waals surface area contributed by atoms with E-state index >= 15 is 0 Å². The standard InChI is InChI=1S/C19H19N3OS2/c23-18(17-13-21-19(25-17)16-4-3-11-24-16)20-12-14-5-7-15(8-6-14)22-9-1-2-10-22/h3-8,11,13H,1-2,9-10,12H2,(H,20,23). The van der Waals surface area contributed by atoms with Crippen LogP contribution in [0.25, 0.3) is 9.88 Å². The highest BCUT2D eigenvalue weighted by atomic mass is 32.1. The van der Waals surface area contributed by atoms with Gasteiger partial charge in [0.15, 0.2) is 0 Å². The number of nitrogens with zero attached hydrogens (tertiary/aromatic N) is 2. The summed E-state index contributed by atoms with van der Waals surface area (Å²) in [6.45, 7) is 2.83. The zero-order valence-corrected chi connectivity index (χ0v) is 15.4. The fourth-order valence-corrected chi connectivity index (χ4v) is 4.60. The van der Waals surface area contributed by atoms with Gasteiger partial charge in [-0.2, -0.15) is 0 Å². The van der Waals surface area contributed by atoms with Crippen LogP contribution in [0, 0.1) is 0 Å². The van der Waals surface area contributed by atoms with E-state index in [1.807, 2.05) is 17.5 Å². The summed E-state index contributed by atoms with van der Waals surface area (Å²) < 4.78 is 0. The molecule has 25 heavy (non-hydrogen) atoms. The highest BCUT2D eigenvalue weighted by molar-refractivity contribution is 7.21. The molecule has 6 heteroatoms. The molecule has 0 saturated carbocycles. The minimum Gasteiger partial charge on any atom is -0.372 e. The lowest BCUT2D eigenvalue weighted by Crippen LogP contribution is -2.22. The molecule has 128 valence electrons. The predicted molar refractivity (Wildman–Crippen MR) is 104 cm³/mol. The number of amides is 1. The van der Waals surface area contributed by atoms with Crippen molar-refractivity contribution in [2.75, 3.05) is 18.0 Å². The summed E-state index contributed by atoms with van der Waals surface area (Å²) in [5.41, 5.74) is 2.38. The Morgan fingerprint density at radius 3 is 2.68 bits per heavy atom. The summed E-state index contributed by atoms with van der Waals surface area (Å²) in [7, 11) is 0. The van der Waals surface area contributed by atoms with Crippen LogP contribution in [0.4, 0.5) is 5.69 Å². The molecule has 0 unspecified atom stereocenters. The van der Waals surface area contributed by atoms with E-state index in [1.54, 1.807) is 17.5 Å². The largest absolute Gasteiger partial charge is 0.372 e. The van der Waals surface area contributed by atoms with Crippen molar-refractivity contribution in [2.24, 2.45) is 0 Å². The lowest BCUT2D eigenvalue weighted by molar-refractivity contribution is 0.0955. The number of rotatable bonds is 5. The molecule has 0 spiro atoms. The van der Waals surface area contributed by atoms with Gasteiger partial charge in [-0.3, -0.25) is 4.79 Å². The molecular formula is C19H19N3OS2. The van der Waals surface area contributed by atoms with Crippen molar-refractivity contribution >= 4 is 34.3 Å². The Balaban J connectivity index is 1.35. The Hall–Kier alpha value is -2.18. The van der Waals surface area contributed by atoms with E-state index in [0.717, 1.165) is 28.5 Å². The Morgan fingerprint density at radius 1 is 1.16 bits per heavy atom. The number of carbonyl (C=O) groups excluding carboxylic acids is 1. The molecule has 1 fully saturated rings. The zero-order chi connectivity index (χ0) is 17.1. The first-order valence-corrected chi connectivity index (χ1v) is 10.1. The van der Waals surface area contributed by atoms with Gasteiger partial charge in [-0.25, -0.2) is 4.98 Å². The summed E-state index contributed by atoms with van der Waals surface area (Å²) in [6.07, 6.45) is 4.21. The zero-order valence-electron chi connectivity index (χ0n) is 13.8. The van der Waals surface area contributed by atoms with Crippen LogP contribution in [-0.2, 0) is 6.54 Å². The predicted octanol–water partition coefficient (Wildman–Crippen LogP) is 4.40. The second kappa shape index (κ2) is 7.37. The maximum absolute atomic E-state index is 12.3. The van der Waals surface area contributed by atoms with Crippen molar-refractivity contribution in [2.45, 2.75) is 19.4 Å². The van der Waals surface area contributed by atoms with Crippen LogP contribution in [0.2, 0.25) is 0 Å². The van der Waals surface area contributed by atoms with Gasteiger partial charge in [0.2, 0.25) is 0 Å². The molecule has 4 rings (SSSR count). The number of carbonyl (C=O) groups is 1. The molecule has 1 saturated heterocycles. The number of nitrogens with one attached hydrogen (secondary N) is 1. The van der Waals surface area contributed by atoms with E-state index in [-0.39, 0.29) is 5.91 Å². The SMILES string of the molecule is O=C(NCc1ccc(N2CCCC2)cc1)c1cnc(-c2cccs2)s1. The number of hydrogen-bond acceptors (Lipinski definition) is 5. The van der Waals surface area contributed by atoms with Gasteiger partial charge in [-0.05, 0) is 42.0 Å². The van der Waals surface area contributed by atoms with E-state index in [9.17, 15) is 4.79 Å². The van der Waals surface area contributed by atoms with Crippen LogP contribution in [0.15, 0.2) is 48.0 Å². The summed E-state index contributed by atoms with van der Waals surface area (Å²) >= 11 is 3.07. The number of thiazole rings is 1. The second-order valence-corrected chi connectivity index (χ2v) is 8.03. The van der Waals surface area contributed by atoms with Crippen molar-refractivity contribution in [3.63, 3.8) is 0 Å². The topological polar surface area (TPSA) is 45.2 Å². The Bertz CT molecular complexity index is 834. The quantitative estimate of drug-likeness (QED) is 0.725. The van der Waals surface area contributed by atoms with E-state index < -0.39 is 0 Å². The number of thiophene rings is 1. The molecule has 4 nitrogen and oxygen atoms in total. The Labute approximate surface area is 155 Å². The first-order chi connectivity index (χ1) is 12.3. The minimum absolute atomic E-state index is 0.0658. The molecule has 1 aliphatic heterocycles. The van der Waals surface area contributed by atoms with E-state index in [0.29, 0.717) is 11.4 Å². The van der Waals surface area contributed by atoms with Crippen LogP contribution >= 0.6 is 22.7 Å². The van der Waals surface area contributed by atoms with E-state index in [1.165, 1.54) is 29.9 Å². The van der Waals surface area contributed by atoms with Gasteiger partial charge >= 0.3 is 0 Å². The molecule has 0 bridgehead atoms. The van der Waals surface area contributed by atoms with Gasteiger partial charge in [0.1, 0.15) is 9.88 Å². The van der Waals surface area contributed by atoms with Gasteiger partial charge in [0, 0.05) is 25.3 Å². The smallest absolute Gasteiger partial charge is 0.263 e. The first-order valence-electron chi connectivity index (χ1n) is 8.41. The Morgan fingerprint density at radius 2 is 1.96 bits per heavy atom. The third-order valence-corrected chi connectivity index (χ3v) is 6.36. The summed E-state index contributed by atoms with van der Waals surface area (Å²) in [5, 5.41) is 5.90. The minimum atomic E-state index is -0.0658. The maximum atomic E-state index is 12.3. The van der Waals surface area contributed by atoms with Crippen molar-refractivity contribution in [1.82, 2.24) is 10.3 Å². The third-order valence-electron chi connectivity index (χ3n) is 4.32. The molecule has 0 aliphatic carbocycles. The van der Waals surface area contributed by atoms with Gasteiger partial charge in [-0.1, -0.05) is 18.2 Å². The molecule has 1 amide bonds. The van der Waals surface area contributed by atoms with Crippen LogP contribution in [0.3, 0.4) is 0 Å². The van der Waals surface area contributed by atoms with Gasteiger partial charge in [-0.15, -0.1) is 22.7 Å². The van der Waals surface area contributed by atoms with Gasteiger partial charge < -0.3 is 10.2 Å². The van der Waals surface area contributed by atoms with Crippen molar-refractivity contribution in [3.05, 3.63) is 58.4 Å². The highest BCUT2D eigenvalue weighted by Crippen LogP contribution is 2.28. The summed E-state index contributed by atoms with van der Waals surface area (Å²) in [5.74, 6) is -0.0658. The van der Waals surface area contributed by atoms with Crippen LogP contribution in [0.1, 0.15) is 28.1 Å². The molecule has 3 heterocycles. The monoisotopic (exact) mass is 369 g/mol. The number of anilines is 1. The lowest BCUT2D eigenvalue weighted by atomic mass is 10.2. The Kier molecular flexibility index (Phi) is 4.81. The number of aromatic nitrogens is 1. The first kappa shape index (κ1) is 16.3. The van der Waals surface area contributed by atoms with Crippen molar-refractivity contribution < 1.29 is 4.79 Å². The normalized spacial score (nSPS) is 14.0. The molecule has 1 aromatic carbocycles. The summed E-state index contributed by atoms with van der Waals surface area (Å²) in [4.78, 5) is 20.8. The van der Waals surface area contributed by atoms with Crippen molar-refractivity contribution in [1.29, 1.82) is 0 Å². The number of benzene rings is 1.